The second-order valence-electron chi connectivity index (χ2n) is 6.98. The monoisotopic (exact) mass is 398 g/mol. The smallest absolute Gasteiger partial charge is 0.420 e. The fourth-order valence-electron chi connectivity index (χ4n) is 3.56. The minimum atomic E-state index is -0.530. The molecule has 1 aliphatic carbocycles. The van der Waals surface area contributed by atoms with Crippen molar-refractivity contribution in [3.8, 4) is 11.8 Å². The molecule has 1 N–H and O–H groups in total. The van der Waals surface area contributed by atoms with Gasteiger partial charge in [0.25, 0.3) is 0 Å². The van der Waals surface area contributed by atoms with E-state index < -0.39 is 5.76 Å². The summed E-state index contributed by atoms with van der Waals surface area (Å²) in [5.41, 5.74) is 1.09. The van der Waals surface area contributed by atoms with Crippen molar-refractivity contribution in [2.24, 2.45) is 0 Å². The summed E-state index contributed by atoms with van der Waals surface area (Å²) in [5.74, 6) is 0.105. The van der Waals surface area contributed by atoms with Gasteiger partial charge in [-0.25, -0.2) is 4.79 Å². The second kappa shape index (κ2) is 8.34. The Labute approximate surface area is 166 Å². The van der Waals surface area contributed by atoms with E-state index in [1.165, 1.54) is 17.9 Å². The van der Waals surface area contributed by atoms with Gasteiger partial charge in [-0.2, -0.15) is 4.98 Å². The van der Waals surface area contributed by atoms with Crippen molar-refractivity contribution in [1.82, 2.24) is 19.9 Å². The van der Waals surface area contributed by atoms with Crippen molar-refractivity contribution in [3.63, 3.8) is 0 Å². The Hall–Kier alpha value is -3.36. The Morgan fingerprint density at radius 2 is 1.97 bits per heavy atom. The van der Waals surface area contributed by atoms with Crippen LogP contribution in [0.1, 0.15) is 25.7 Å². The SMILES string of the molecule is COc1cncc(OC2CCC(NC(=O)Cn3c(=O)oc4ccccc43)CC2)n1. The van der Waals surface area contributed by atoms with Gasteiger partial charge in [0.2, 0.25) is 17.7 Å². The van der Waals surface area contributed by atoms with Gasteiger partial charge in [0.1, 0.15) is 12.6 Å². The van der Waals surface area contributed by atoms with Crippen LogP contribution >= 0.6 is 0 Å². The molecule has 1 fully saturated rings. The summed E-state index contributed by atoms with van der Waals surface area (Å²) in [6.45, 7) is -0.0638. The molecule has 4 rings (SSSR count). The van der Waals surface area contributed by atoms with Gasteiger partial charge in [0.05, 0.1) is 25.0 Å². The molecule has 3 aromatic rings. The quantitative estimate of drug-likeness (QED) is 0.675. The number of amides is 1. The lowest BCUT2D eigenvalue weighted by atomic mass is 9.93. The first-order valence-electron chi connectivity index (χ1n) is 9.53. The summed E-state index contributed by atoms with van der Waals surface area (Å²) in [7, 11) is 1.53. The predicted molar refractivity (Wildman–Crippen MR) is 104 cm³/mol. The first-order valence-corrected chi connectivity index (χ1v) is 9.53. The van der Waals surface area contributed by atoms with E-state index in [4.69, 9.17) is 13.9 Å². The molecule has 2 aromatic heterocycles. The van der Waals surface area contributed by atoms with Crippen molar-refractivity contribution in [1.29, 1.82) is 0 Å². The van der Waals surface area contributed by atoms with Gasteiger partial charge in [-0.15, -0.1) is 0 Å². The number of fused-ring (bicyclic) bond motifs is 1. The molecule has 0 unspecified atom stereocenters. The third kappa shape index (κ3) is 4.39. The number of aromatic nitrogens is 3. The third-order valence-electron chi connectivity index (χ3n) is 5.00. The summed E-state index contributed by atoms with van der Waals surface area (Å²) < 4.78 is 17.4. The van der Waals surface area contributed by atoms with Gasteiger partial charge < -0.3 is 19.2 Å². The van der Waals surface area contributed by atoms with Crippen molar-refractivity contribution in [2.75, 3.05) is 7.11 Å². The van der Waals surface area contributed by atoms with Crippen molar-refractivity contribution in [3.05, 3.63) is 47.2 Å². The number of carbonyl (C=O) groups is 1. The molecule has 1 amide bonds. The van der Waals surface area contributed by atoms with Crippen LogP contribution in [-0.4, -0.2) is 39.7 Å². The topological polar surface area (TPSA) is 108 Å². The van der Waals surface area contributed by atoms with Crippen LogP contribution in [0.15, 0.2) is 45.9 Å². The number of nitrogens with zero attached hydrogens (tertiary/aromatic N) is 3. The molecule has 9 heteroatoms. The molecule has 9 nitrogen and oxygen atoms in total. The number of para-hydroxylation sites is 2. The number of methoxy groups -OCH3 is 1. The van der Waals surface area contributed by atoms with E-state index in [9.17, 15) is 9.59 Å². The van der Waals surface area contributed by atoms with E-state index in [-0.39, 0.29) is 24.6 Å². The van der Waals surface area contributed by atoms with E-state index in [2.05, 4.69) is 15.3 Å². The Morgan fingerprint density at radius 3 is 2.76 bits per heavy atom. The Morgan fingerprint density at radius 1 is 1.21 bits per heavy atom. The fourth-order valence-corrected chi connectivity index (χ4v) is 3.56. The molecule has 1 aromatic carbocycles. The van der Waals surface area contributed by atoms with E-state index in [1.807, 2.05) is 0 Å². The number of hydrogen-bond acceptors (Lipinski definition) is 7. The molecule has 0 saturated heterocycles. The number of benzene rings is 1. The summed E-state index contributed by atoms with van der Waals surface area (Å²) in [6, 6.07) is 7.11. The summed E-state index contributed by atoms with van der Waals surface area (Å²) in [6.07, 6.45) is 6.25. The Bertz CT molecular complexity index is 1050. The molecule has 29 heavy (non-hydrogen) atoms. The predicted octanol–water partition coefficient (Wildman–Crippen LogP) is 1.90. The number of rotatable bonds is 6. The molecule has 152 valence electrons. The molecule has 0 bridgehead atoms. The highest BCUT2D eigenvalue weighted by molar-refractivity contribution is 5.79. The molecule has 0 radical (unpaired) electrons. The first kappa shape index (κ1) is 19.0. The maximum atomic E-state index is 12.4. The minimum absolute atomic E-state index is 0.0185. The highest BCUT2D eigenvalue weighted by Crippen LogP contribution is 2.23. The van der Waals surface area contributed by atoms with Crippen LogP contribution in [0.3, 0.4) is 0 Å². The van der Waals surface area contributed by atoms with Crippen molar-refractivity contribution >= 4 is 17.0 Å². The Kier molecular flexibility index (Phi) is 5.46. The van der Waals surface area contributed by atoms with Crippen LogP contribution in [0.25, 0.3) is 11.1 Å². The van der Waals surface area contributed by atoms with Gasteiger partial charge in [-0.05, 0) is 37.8 Å². The highest BCUT2D eigenvalue weighted by atomic mass is 16.5. The second-order valence-corrected chi connectivity index (χ2v) is 6.98. The van der Waals surface area contributed by atoms with E-state index in [0.717, 1.165) is 25.7 Å². The summed E-state index contributed by atoms with van der Waals surface area (Å²) >= 11 is 0. The van der Waals surface area contributed by atoms with Crippen molar-refractivity contribution in [2.45, 2.75) is 44.4 Å². The van der Waals surface area contributed by atoms with E-state index >= 15 is 0 Å². The molecule has 2 heterocycles. The first-order chi connectivity index (χ1) is 14.1. The molecule has 1 aliphatic rings. The number of hydrogen-bond donors (Lipinski definition) is 1. The van der Waals surface area contributed by atoms with Crippen LogP contribution in [0, 0.1) is 0 Å². The van der Waals surface area contributed by atoms with E-state index in [1.54, 1.807) is 30.5 Å². The zero-order valence-corrected chi connectivity index (χ0v) is 16.0. The largest absolute Gasteiger partial charge is 0.480 e. The zero-order chi connectivity index (χ0) is 20.2. The molecule has 1 saturated carbocycles. The average molecular weight is 398 g/mol. The van der Waals surface area contributed by atoms with Crippen LogP contribution in [0.5, 0.6) is 11.8 Å². The molecule has 0 spiro atoms. The lowest BCUT2D eigenvalue weighted by Crippen LogP contribution is -2.41. The highest BCUT2D eigenvalue weighted by Gasteiger charge is 2.24. The van der Waals surface area contributed by atoms with Gasteiger partial charge in [-0.1, -0.05) is 12.1 Å². The standard InChI is InChI=1S/C20H22N4O5/c1-27-18-10-21-11-19(23-18)28-14-8-6-13(7-9-14)22-17(25)12-24-15-4-2-3-5-16(15)29-20(24)26/h2-5,10-11,13-14H,6-9,12H2,1H3,(H,22,25). The third-order valence-corrected chi connectivity index (χ3v) is 5.00. The lowest BCUT2D eigenvalue weighted by molar-refractivity contribution is -0.122. The van der Waals surface area contributed by atoms with Gasteiger partial charge in [-0.3, -0.25) is 14.3 Å². The summed E-state index contributed by atoms with van der Waals surface area (Å²) in [5, 5.41) is 3.01. The van der Waals surface area contributed by atoms with Crippen LogP contribution in [0.2, 0.25) is 0 Å². The lowest BCUT2D eigenvalue weighted by Gasteiger charge is -2.29. The van der Waals surface area contributed by atoms with Crippen LogP contribution < -0.4 is 20.5 Å². The fraction of sp³-hybridized carbons (Fsp3) is 0.400. The number of carbonyl (C=O) groups excluding carboxylic acids is 1. The molecular formula is C20H22N4O5. The van der Waals surface area contributed by atoms with Crippen molar-refractivity contribution < 1.29 is 18.7 Å². The maximum Gasteiger partial charge on any atom is 0.420 e. The van der Waals surface area contributed by atoms with Gasteiger partial charge in [0, 0.05) is 6.04 Å². The normalized spacial score (nSPS) is 19.1. The number of nitrogens with one attached hydrogen (secondary N) is 1. The van der Waals surface area contributed by atoms with E-state index in [0.29, 0.717) is 22.9 Å². The number of oxazole rings is 1. The molecule has 0 aliphatic heterocycles. The molecule has 0 atom stereocenters. The Balaban J connectivity index is 1.29. The average Bonchev–Trinajstić information content (AvgIpc) is 3.05. The van der Waals surface area contributed by atoms with Gasteiger partial charge in [0.15, 0.2) is 5.58 Å². The van der Waals surface area contributed by atoms with Crippen LogP contribution in [0.4, 0.5) is 0 Å². The zero-order valence-electron chi connectivity index (χ0n) is 16.0. The molecular weight excluding hydrogens is 376 g/mol. The minimum Gasteiger partial charge on any atom is -0.480 e. The maximum absolute atomic E-state index is 12.4. The summed E-state index contributed by atoms with van der Waals surface area (Å²) in [4.78, 5) is 32.7. The van der Waals surface area contributed by atoms with Gasteiger partial charge >= 0.3 is 5.76 Å². The van der Waals surface area contributed by atoms with Crippen LogP contribution in [-0.2, 0) is 11.3 Å². The number of ether oxygens (including phenoxy) is 2.